The largest absolute Gasteiger partial charge is 0.314 e. The summed E-state index contributed by atoms with van der Waals surface area (Å²) in [5, 5.41) is 13.4. The van der Waals surface area contributed by atoms with E-state index < -0.39 is 5.54 Å². The molecule has 1 heterocycles. The standard InChI is InChI=1S/C9H13ClN4/c1-7(3-9(2,12)6-11)14-5-8(10)4-13-14/h4-5,7H,3,12H2,1-2H3. The predicted octanol–water partition coefficient (Wildman–Crippen LogP) is 1.73. The highest BCUT2D eigenvalue weighted by Crippen LogP contribution is 2.19. The van der Waals surface area contributed by atoms with E-state index in [0.717, 1.165) is 0 Å². The summed E-state index contributed by atoms with van der Waals surface area (Å²) in [5.74, 6) is 0. The second kappa shape index (κ2) is 3.99. The van der Waals surface area contributed by atoms with Crippen molar-refractivity contribution in [2.24, 2.45) is 5.73 Å². The lowest BCUT2D eigenvalue weighted by Crippen LogP contribution is -2.36. The molecule has 0 saturated carbocycles. The molecule has 0 aliphatic carbocycles. The van der Waals surface area contributed by atoms with Gasteiger partial charge in [0, 0.05) is 12.6 Å². The van der Waals surface area contributed by atoms with Gasteiger partial charge in [0.25, 0.3) is 0 Å². The number of nitrogens with two attached hydrogens (primary N) is 1. The Bertz CT molecular complexity index is 350. The van der Waals surface area contributed by atoms with Gasteiger partial charge < -0.3 is 5.73 Å². The van der Waals surface area contributed by atoms with Crippen molar-refractivity contribution < 1.29 is 0 Å². The van der Waals surface area contributed by atoms with E-state index in [0.29, 0.717) is 11.4 Å². The van der Waals surface area contributed by atoms with Crippen LogP contribution in [0.3, 0.4) is 0 Å². The number of rotatable bonds is 3. The van der Waals surface area contributed by atoms with Crippen LogP contribution in [0.5, 0.6) is 0 Å². The second-order valence-electron chi connectivity index (χ2n) is 3.72. The molecule has 2 atom stereocenters. The van der Waals surface area contributed by atoms with Crippen molar-refractivity contribution in [1.82, 2.24) is 9.78 Å². The lowest BCUT2D eigenvalue weighted by Gasteiger charge is -2.20. The van der Waals surface area contributed by atoms with Gasteiger partial charge in [-0.1, -0.05) is 11.6 Å². The van der Waals surface area contributed by atoms with Crippen molar-refractivity contribution >= 4 is 11.6 Å². The van der Waals surface area contributed by atoms with Crippen molar-refractivity contribution in [3.63, 3.8) is 0 Å². The maximum atomic E-state index is 8.76. The maximum Gasteiger partial charge on any atom is 0.103 e. The molecule has 0 radical (unpaired) electrons. The third-order valence-electron chi connectivity index (χ3n) is 2.00. The fraction of sp³-hybridized carbons (Fsp3) is 0.556. The Morgan fingerprint density at radius 3 is 2.93 bits per heavy atom. The number of halogens is 1. The minimum absolute atomic E-state index is 0.0668. The summed E-state index contributed by atoms with van der Waals surface area (Å²) < 4.78 is 1.71. The Kier molecular flexibility index (Phi) is 3.14. The highest BCUT2D eigenvalue weighted by atomic mass is 35.5. The molecule has 4 nitrogen and oxygen atoms in total. The van der Waals surface area contributed by atoms with Gasteiger partial charge in [-0.25, -0.2) is 0 Å². The summed E-state index contributed by atoms with van der Waals surface area (Å²) in [6.45, 7) is 3.65. The molecule has 1 rings (SSSR count). The molecule has 0 aliphatic rings. The topological polar surface area (TPSA) is 67.6 Å². The first-order valence-corrected chi connectivity index (χ1v) is 4.72. The molecule has 5 heteroatoms. The average molecular weight is 213 g/mol. The van der Waals surface area contributed by atoms with Gasteiger partial charge in [-0.2, -0.15) is 10.4 Å². The molecule has 0 fully saturated rings. The number of hydrogen-bond donors (Lipinski definition) is 1. The van der Waals surface area contributed by atoms with Crippen LogP contribution in [0.15, 0.2) is 12.4 Å². The van der Waals surface area contributed by atoms with Crippen molar-refractivity contribution in [3.8, 4) is 6.07 Å². The molecule has 0 saturated heterocycles. The van der Waals surface area contributed by atoms with Crippen LogP contribution in [-0.4, -0.2) is 15.3 Å². The first kappa shape index (κ1) is 11.0. The van der Waals surface area contributed by atoms with Crippen LogP contribution >= 0.6 is 11.6 Å². The zero-order valence-electron chi connectivity index (χ0n) is 8.24. The van der Waals surface area contributed by atoms with Crippen molar-refractivity contribution in [2.75, 3.05) is 0 Å². The van der Waals surface area contributed by atoms with Crippen LogP contribution in [-0.2, 0) is 0 Å². The minimum Gasteiger partial charge on any atom is -0.314 e. The molecule has 0 aliphatic heterocycles. The third-order valence-corrected chi connectivity index (χ3v) is 2.19. The number of aromatic nitrogens is 2. The van der Waals surface area contributed by atoms with E-state index in [2.05, 4.69) is 11.2 Å². The van der Waals surface area contributed by atoms with Gasteiger partial charge in [-0.15, -0.1) is 0 Å². The van der Waals surface area contributed by atoms with Gasteiger partial charge in [-0.05, 0) is 13.8 Å². The van der Waals surface area contributed by atoms with Crippen molar-refractivity contribution in [1.29, 1.82) is 5.26 Å². The summed E-state index contributed by atoms with van der Waals surface area (Å²) in [7, 11) is 0. The minimum atomic E-state index is -0.822. The van der Waals surface area contributed by atoms with E-state index in [-0.39, 0.29) is 6.04 Å². The Labute approximate surface area is 88.3 Å². The fourth-order valence-corrected chi connectivity index (χ4v) is 1.45. The molecule has 0 amide bonds. The van der Waals surface area contributed by atoms with Gasteiger partial charge in [0.2, 0.25) is 0 Å². The molecule has 0 aromatic carbocycles. The van der Waals surface area contributed by atoms with E-state index in [9.17, 15) is 0 Å². The van der Waals surface area contributed by atoms with Gasteiger partial charge >= 0.3 is 0 Å². The molecule has 0 bridgehead atoms. The predicted molar refractivity (Wildman–Crippen MR) is 54.8 cm³/mol. The normalized spacial score (nSPS) is 17.1. The highest BCUT2D eigenvalue weighted by Gasteiger charge is 2.22. The van der Waals surface area contributed by atoms with Crippen molar-refractivity contribution in [3.05, 3.63) is 17.4 Å². The summed E-state index contributed by atoms with van der Waals surface area (Å²) in [6, 6.07) is 2.12. The fourth-order valence-electron chi connectivity index (χ4n) is 1.31. The van der Waals surface area contributed by atoms with Gasteiger partial charge in [0.05, 0.1) is 23.3 Å². The Morgan fingerprint density at radius 1 is 1.86 bits per heavy atom. The molecular weight excluding hydrogens is 200 g/mol. The van der Waals surface area contributed by atoms with Crippen LogP contribution in [0.25, 0.3) is 0 Å². The van der Waals surface area contributed by atoms with E-state index in [1.54, 1.807) is 24.0 Å². The van der Waals surface area contributed by atoms with E-state index >= 15 is 0 Å². The zero-order chi connectivity index (χ0) is 10.8. The second-order valence-corrected chi connectivity index (χ2v) is 4.16. The first-order valence-electron chi connectivity index (χ1n) is 4.34. The lowest BCUT2D eigenvalue weighted by molar-refractivity contribution is 0.386. The average Bonchev–Trinajstić information content (AvgIpc) is 2.51. The molecular formula is C9H13ClN4. The van der Waals surface area contributed by atoms with Crippen LogP contribution < -0.4 is 5.73 Å². The smallest absolute Gasteiger partial charge is 0.103 e. The highest BCUT2D eigenvalue weighted by molar-refractivity contribution is 6.30. The zero-order valence-corrected chi connectivity index (χ0v) is 8.99. The molecule has 2 unspecified atom stereocenters. The van der Waals surface area contributed by atoms with Crippen molar-refractivity contribution in [2.45, 2.75) is 31.8 Å². The van der Waals surface area contributed by atoms with Gasteiger partial charge in [0.15, 0.2) is 0 Å². The van der Waals surface area contributed by atoms with Crippen LogP contribution in [0.2, 0.25) is 5.02 Å². The number of hydrogen-bond acceptors (Lipinski definition) is 3. The lowest BCUT2D eigenvalue weighted by atomic mass is 9.97. The van der Waals surface area contributed by atoms with E-state index in [1.165, 1.54) is 0 Å². The SMILES string of the molecule is CC(CC(C)(N)C#N)n1cc(Cl)cn1. The first-order chi connectivity index (χ1) is 6.44. The Balaban J connectivity index is 2.69. The van der Waals surface area contributed by atoms with Crippen LogP contribution in [0, 0.1) is 11.3 Å². The number of nitriles is 1. The van der Waals surface area contributed by atoms with Gasteiger partial charge in [-0.3, -0.25) is 4.68 Å². The summed E-state index contributed by atoms with van der Waals surface area (Å²) >= 11 is 5.73. The van der Waals surface area contributed by atoms with Crippen LogP contribution in [0.4, 0.5) is 0 Å². The maximum absolute atomic E-state index is 8.76. The van der Waals surface area contributed by atoms with Gasteiger partial charge in [0.1, 0.15) is 5.54 Å². The molecule has 1 aromatic rings. The molecule has 1 aromatic heterocycles. The van der Waals surface area contributed by atoms with E-state index in [1.807, 2.05) is 6.92 Å². The molecule has 0 spiro atoms. The summed E-state index contributed by atoms with van der Waals surface area (Å²) in [4.78, 5) is 0. The Morgan fingerprint density at radius 2 is 2.50 bits per heavy atom. The summed E-state index contributed by atoms with van der Waals surface area (Å²) in [6.07, 6.45) is 3.83. The monoisotopic (exact) mass is 212 g/mol. The number of nitrogens with zero attached hydrogens (tertiary/aromatic N) is 3. The summed E-state index contributed by atoms with van der Waals surface area (Å²) in [5.41, 5.74) is 4.90. The van der Waals surface area contributed by atoms with E-state index in [4.69, 9.17) is 22.6 Å². The molecule has 76 valence electrons. The van der Waals surface area contributed by atoms with Crippen LogP contribution in [0.1, 0.15) is 26.3 Å². The molecule has 2 N–H and O–H groups in total. The molecule has 14 heavy (non-hydrogen) atoms. The quantitative estimate of drug-likeness (QED) is 0.830. The third kappa shape index (κ3) is 2.72. The Hall–Kier alpha value is -1.05.